The number of rotatable bonds is 8. The molecule has 6 heteroatoms. The zero-order valence-electron chi connectivity index (χ0n) is 21.0. The van der Waals surface area contributed by atoms with Crippen LogP contribution in [0.3, 0.4) is 0 Å². The lowest BCUT2D eigenvalue weighted by Gasteiger charge is -2.39. The Morgan fingerprint density at radius 2 is 1.76 bits per heavy atom. The van der Waals surface area contributed by atoms with Gasteiger partial charge in [0.1, 0.15) is 5.75 Å². The van der Waals surface area contributed by atoms with Crippen molar-refractivity contribution < 1.29 is 19.7 Å². The molecule has 2 N–H and O–H groups in total. The fraction of sp³-hybridized carbons (Fsp3) is 0.290. The molecule has 1 atom stereocenters. The number of pyridine rings is 1. The van der Waals surface area contributed by atoms with Gasteiger partial charge >= 0.3 is 0 Å². The number of fused-ring (bicyclic) bond motifs is 1. The Morgan fingerprint density at radius 1 is 1.03 bits per heavy atom. The highest BCUT2D eigenvalue weighted by Crippen LogP contribution is 2.36. The first-order chi connectivity index (χ1) is 17.9. The van der Waals surface area contributed by atoms with Crippen molar-refractivity contribution in [1.82, 2.24) is 9.88 Å². The fourth-order valence-corrected chi connectivity index (χ4v) is 5.07. The molecule has 0 bridgehead atoms. The summed E-state index contributed by atoms with van der Waals surface area (Å²) in [6.07, 6.45) is 4.13. The summed E-state index contributed by atoms with van der Waals surface area (Å²) >= 11 is 0. The van der Waals surface area contributed by atoms with Gasteiger partial charge in [0.05, 0.1) is 11.2 Å². The van der Waals surface area contributed by atoms with E-state index in [1.165, 1.54) is 0 Å². The molecule has 37 heavy (non-hydrogen) atoms. The molecule has 190 valence electrons. The summed E-state index contributed by atoms with van der Waals surface area (Å²) in [6.45, 7) is 3.95. The summed E-state index contributed by atoms with van der Waals surface area (Å²) in [6, 6.07) is 22.5. The number of nitrogens with zero attached hydrogens (tertiary/aromatic N) is 2. The highest BCUT2D eigenvalue weighted by atomic mass is 16.6. The van der Waals surface area contributed by atoms with Crippen molar-refractivity contribution in [3.63, 3.8) is 0 Å². The summed E-state index contributed by atoms with van der Waals surface area (Å²) in [7, 11) is 0. The highest BCUT2D eigenvalue weighted by Gasteiger charge is 2.35. The van der Waals surface area contributed by atoms with E-state index in [1.807, 2.05) is 61.7 Å². The maximum atomic E-state index is 13.1. The minimum absolute atomic E-state index is 0.134. The van der Waals surface area contributed by atoms with E-state index in [4.69, 9.17) is 4.74 Å². The van der Waals surface area contributed by atoms with E-state index >= 15 is 0 Å². The molecular weight excluding hydrogens is 464 g/mol. The Bertz CT molecular complexity index is 1380. The molecule has 4 aromatic rings. The van der Waals surface area contributed by atoms with Crippen molar-refractivity contribution in [3.05, 3.63) is 107 Å². The number of ether oxygens (including phenoxy) is 1. The normalized spacial score (nSPS) is 16.4. The molecule has 2 heterocycles. The topological polar surface area (TPSA) is 82.9 Å². The Kier molecular flexibility index (Phi) is 7.33. The number of hydrogen-bond acceptors (Lipinski definition) is 6. The molecule has 0 saturated carbocycles. The smallest absolute Gasteiger partial charge is 0.198 e. The molecule has 0 radical (unpaired) electrons. The van der Waals surface area contributed by atoms with Gasteiger partial charge in [-0.25, -0.2) is 0 Å². The number of piperidine rings is 1. The minimum atomic E-state index is -1.05. The molecule has 5 rings (SSSR count). The molecule has 1 aliphatic rings. The first kappa shape index (κ1) is 25.1. The summed E-state index contributed by atoms with van der Waals surface area (Å²) in [4.78, 5) is 19.6. The lowest BCUT2D eigenvalue weighted by Crippen LogP contribution is -2.43. The van der Waals surface area contributed by atoms with Gasteiger partial charge in [-0.05, 0) is 37.3 Å². The molecule has 1 aliphatic heterocycles. The van der Waals surface area contributed by atoms with Crippen LogP contribution in [-0.2, 0) is 5.60 Å². The van der Waals surface area contributed by atoms with Crippen molar-refractivity contribution in [2.75, 3.05) is 19.6 Å². The third-order valence-electron chi connectivity index (χ3n) is 7.22. The van der Waals surface area contributed by atoms with Gasteiger partial charge in [0.2, 0.25) is 0 Å². The zero-order valence-corrected chi connectivity index (χ0v) is 21.0. The van der Waals surface area contributed by atoms with Crippen molar-refractivity contribution in [1.29, 1.82) is 0 Å². The Morgan fingerprint density at radius 3 is 2.54 bits per heavy atom. The number of carbonyl (C=O) groups is 1. The van der Waals surface area contributed by atoms with Gasteiger partial charge in [-0.1, -0.05) is 66.2 Å². The van der Waals surface area contributed by atoms with Crippen LogP contribution in [0, 0.1) is 6.92 Å². The second-order valence-corrected chi connectivity index (χ2v) is 9.84. The van der Waals surface area contributed by atoms with E-state index in [-0.39, 0.29) is 5.78 Å². The van der Waals surface area contributed by atoms with Crippen LogP contribution < -0.4 is 4.74 Å². The second kappa shape index (κ2) is 10.8. The van der Waals surface area contributed by atoms with E-state index in [9.17, 15) is 15.0 Å². The minimum Gasteiger partial charge on any atom is -0.464 e. The molecule has 0 amide bonds. The standard InChI is InChI=1S/C31H32N2O4/c1-22-11-12-28(26(19-22)30(35)23-7-3-2-4-8-23)37-29(34)13-16-33-17-14-31(36,15-18-33)27-21-32-20-24-9-5-6-10-25(24)27/h2-12,19-21,29,34,36H,13-18H2,1H3. The van der Waals surface area contributed by atoms with Gasteiger partial charge in [-0.3, -0.25) is 9.78 Å². The van der Waals surface area contributed by atoms with Crippen LogP contribution in [0.5, 0.6) is 5.75 Å². The van der Waals surface area contributed by atoms with Crippen LogP contribution in [0.4, 0.5) is 0 Å². The van der Waals surface area contributed by atoms with Crippen LogP contribution in [-0.4, -0.2) is 51.8 Å². The molecule has 1 saturated heterocycles. The third kappa shape index (κ3) is 5.57. The lowest BCUT2D eigenvalue weighted by molar-refractivity contribution is -0.0473. The Labute approximate surface area is 217 Å². The maximum absolute atomic E-state index is 13.1. The zero-order chi connectivity index (χ0) is 25.8. The van der Waals surface area contributed by atoms with Crippen LogP contribution >= 0.6 is 0 Å². The average molecular weight is 497 g/mol. The number of aliphatic hydroxyl groups is 2. The van der Waals surface area contributed by atoms with Crippen LogP contribution in [0.15, 0.2) is 85.2 Å². The van der Waals surface area contributed by atoms with Crippen molar-refractivity contribution >= 4 is 16.6 Å². The number of aliphatic hydroxyl groups excluding tert-OH is 1. The molecule has 1 fully saturated rings. The predicted molar refractivity (Wildman–Crippen MR) is 144 cm³/mol. The number of likely N-dealkylation sites (tertiary alicyclic amines) is 1. The monoisotopic (exact) mass is 496 g/mol. The average Bonchev–Trinajstić information content (AvgIpc) is 2.93. The van der Waals surface area contributed by atoms with E-state index < -0.39 is 11.9 Å². The summed E-state index contributed by atoms with van der Waals surface area (Å²) < 4.78 is 5.84. The van der Waals surface area contributed by atoms with E-state index in [2.05, 4.69) is 9.88 Å². The summed E-state index contributed by atoms with van der Waals surface area (Å²) in [5.74, 6) is 0.244. The molecule has 0 spiro atoms. The predicted octanol–water partition coefficient (Wildman–Crippen LogP) is 4.85. The molecule has 0 aliphatic carbocycles. The molecule has 1 unspecified atom stereocenters. The van der Waals surface area contributed by atoms with Gasteiger partial charge in [-0.2, -0.15) is 0 Å². The SMILES string of the molecule is Cc1ccc(OC(O)CCN2CCC(O)(c3cncc4ccccc34)CC2)c(C(=O)c2ccccc2)c1. The highest BCUT2D eigenvalue weighted by molar-refractivity contribution is 6.10. The first-order valence-electron chi connectivity index (χ1n) is 12.8. The van der Waals surface area contributed by atoms with Gasteiger partial charge in [0.15, 0.2) is 12.1 Å². The van der Waals surface area contributed by atoms with Crippen LogP contribution in [0.25, 0.3) is 10.8 Å². The number of aryl methyl sites for hydroxylation is 1. The molecule has 3 aromatic carbocycles. The molecular formula is C31H32N2O4. The largest absolute Gasteiger partial charge is 0.464 e. The first-order valence-corrected chi connectivity index (χ1v) is 12.8. The van der Waals surface area contributed by atoms with Gasteiger partial charge in [0.25, 0.3) is 0 Å². The number of hydrogen-bond donors (Lipinski definition) is 2. The van der Waals surface area contributed by atoms with Gasteiger partial charge in [0, 0.05) is 55.0 Å². The number of carbonyl (C=O) groups excluding carboxylic acids is 1. The van der Waals surface area contributed by atoms with Crippen molar-refractivity contribution in [2.24, 2.45) is 0 Å². The quantitative estimate of drug-likeness (QED) is 0.268. The Balaban J connectivity index is 1.19. The summed E-state index contributed by atoms with van der Waals surface area (Å²) in [5.41, 5.74) is 1.92. The van der Waals surface area contributed by atoms with Crippen LogP contribution in [0.1, 0.15) is 46.3 Å². The number of aromatic nitrogens is 1. The van der Waals surface area contributed by atoms with Crippen molar-refractivity contribution in [2.45, 2.75) is 38.1 Å². The molecule has 1 aromatic heterocycles. The van der Waals surface area contributed by atoms with E-state index in [0.29, 0.717) is 55.8 Å². The van der Waals surface area contributed by atoms with E-state index in [0.717, 1.165) is 21.9 Å². The Hall–Kier alpha value is -3.58. The second-order valence-electron chi connectivity index (χ2n) is 9.84. The third-order valence-corrected chi connectivity index (χ3v) is 7.22. The summed E-state index contributed by atoms with van der Waals surface area (Å²) in [5, 5.41) is 24.2. The maximum Gasteiger partial charge on any atom is 0.198 e. The fourth-order valence-electron chi connectivity index (χ4n) is 5.07. The number of ketones is 1. The van der Waals surface area contributed by atoms with Crippen molar-refractivity contribution in [3.8, 4) is 5.75 Å². The lowest BCUT2D eigenvalue weighted by atomic mass is 9.83. The van der Waals surface area contributed by atoms with Gasteiger partial charge < -0.3 is 19.8 Å². The van der Waals surface area contributed by atoms with E-state index in [1.54, 1.807) is 30.5 Å². The van der Waals surface area contributed by atoms with Crippen LogP contribution in [0.2, 0.25) is 0 Å². The number of benzene rings is 3. The van der Waals surface area contributed by atoms with Gasteiger partial charge in [-0.15, -0.1) is 0 Å². The molecule has 6 nitrogen and oxygen atoms in total.